The first-order valence-electron chi connectivity index (χ1n) is 10.0. The highest BCUT2D eigenvalue weighted by Gasteiger charge is 2.29. The molecule has 1 fully saturated rings. The molecular formula is C22H23N5O3S. The van der Waals surface area contributed by atoms with E-state index in [0.29, 0.717) is 28.7 Å². The van der Waals surface area contributed by atoms with Crippen molar-refractivity contribution in [2.45, 2.75) is 25.4 Å². The second kappa shape index (κ2) is 8.44. The van der Waals surface area contributed by atoms with Gasteiger partial charge in [0.05, 0.1) is 16.9 Å². The number of nitrogens with two attached hydrogens (primary N) is 1. The molecule has 31 heavy (non-hydrogen) atoms. The van der Waals surface area contributed by atoms with Gasteiger partial charge in [0.25, 0.3) is 11.5 Å². The van der Waals surface area contributed by atoms with Crippen molar-refractivity contribution in [3.05, 3.63) is 68.7 Å². The number of para-hydroxylation sites is 1. The number of likely N-dealkylation sites (tertiary alicyclic amines) is 1. The lowest BCUT2D eigenvalue weighted by Gasteiger charge is -2.23. The number of benzene rings is 2. The van der Waals surface area contributed by atoms with E-state index in [-0.39, 0.29) is 28.2 Å². The molecule has 9 heteroatoms. The van der Waals surface area contributed by atoms with Gasteiger partial charge < -0.3 is 16.0 Å². The molecule has 160 valence electrons. The molecule has 2 aromatic carbocycles. The standard InChI is InChI=1S/C22H23N5O3S/c1-26-21(30)15-9-8-13(11-17(15)25-22(26)31)20(29)24-16-6-3-2-5-14(16)12-27-10-4-7-18(27)19(23)28/h2-3,5-6,8-9,11,18H,4,7,10,12H2,1H3,(H2,23,28)(H,24,29)(H,25,31). The van der Waals surface area contributed by atoms with Crippen LogP contribution in [0.4, 0.5) is 5.69 Å². The molecule has 2 amide bonds. The number of anilines is 1. The predicted molar refractivity (Wildman–Crippen MR) is 121 cm³/mol. The number of hydrogen-bond acceptors (Lipinski definition) is 5. The molecule has 8 nitrogen and oxygen atoms in total. The number of fused-ring (bicyclic) bond motifs is 1. The second-order valence-electron chi connectivity index (χ2n) is 7.70. The zero-order valence-corrected chi connectivity index (χ0v) is 17.9. The second-order valence-corrected chi connectivity index (χ2v) is 8.08. The van der Waals surface area contributed by atoms with E-state index in [9.17, 15) is 14.4 Å². The molecule has 1 aliphatic heterocycles. The predicted octanol–water partition coefficient (Wildman–Crippen LogP) is 2.30. The first-order valence-corrected chi connectivity index (χ1v) is 10.4. The number of rotatable bonds is 5. The fourth-order valence-corrected chi connectivity index (χ4v) is 4.17. The van der Waals surface area contributed by atoms with Crippen molar-refractivity contribution < 1.29 is 9.59 Å². The summed E-state index contributed by atoms with van der Waals surface area (Å²) in [5, 5.41) is 3.40. The van der Waals surface area contributed by atoms with Gasteiger partial charge in [-0.1, -0.05) is 18.2 Å². The number of carbonyl (C=O) groups is 2. The largest absolute Gasteiger partial charge is 0.368 e. The summed E-state index contributed by atoms with van der Waals surface area (Å²) < 4.78 is 1.64. The highest BCUT2D eigenvalue weighted by Crippen LogP contribution is 2.24. The lowest BCUT2D eigenvalue weighted by Crippen LogP contribution is -2.39. The summed E-state index contributed by atoms with van der Waals surface area (Å²) in [4.78, 5) is 42.0. The molecule has 4 rings (SSSR count). The van der Waals surface area contributed by atoms with Crippen LogP contribution in [-0.2, 0) is 18.4 Å². The van der Waals surface area contributed by atoms with Gasteiger partial charge in [0.15, 0.2) is 4.77 Å². The van der Waals surface area contributed by atoms with E-state index in [2.05, 4.69) is 10.3 Å². The molecule has 1 atom stereocenters. The number of primary amides is 1. The molecule has 1 aliphatic rings. The molecule has 3 aromatic rings. The van der Waals surface area contributed by atoms with E-state index in [0.717, 1.165) is 24.9 Å². The minimum Gasteiger partial charge on any atom is -0.368 e. The first kappa shape index (κ1) is 21.0. The SMILES string of the molecule is Cn1c(=S)[nH]c2cc(C(=O)Nc3ccccc3CN3CCCC3C(N)=O)ccc2c1=O. The number of nitrogens with zero attached hydrogens (tertiary/aromatic N) is 2. The number of hydrogen-bond donors (Lipinski definition) is 3. The van der Waals surface area contributed by atoms with Gasteiger partial charge in [0, 0.05) is 24.8 Å². The van der Waals surface area contributed by atoms with Crippen LogP contribution in [-0.4, -0.2) is 38.9 Å². The maximum atomic E-state index is 12.9. The van der Waals surface area contributed by atoms with Crippen LogP contribution < -0.4 is 16.6 Å². The number of nitrogens with one attached hydrogen (secondary N) is 2. The summed E-state index contributed by atoms with van der Waals surface area (Å²) in [6.07, 6.45) is 1.67. The van der Waals surface area contributed by atoms with Crippen LogP contribution in [0, 0.1) is 4.77 Å². The monoisotopic (exact) mass is 437 g/mol. The molecule has 1 unspecified atom stereocenters. The molecule has 2 heterocycles. The van der Waals surface area contributed by atoms with Crippen LogP contribution in [0.5, 0.6) is 0 Å². The van der Waals surface area contributed by atoms with Crippen LogP contribution in [0.25, 0.3) is 10.9 Å². The van der Waals surface area contributed by atoms with Crippen molar-refractivity contribution in [2.24, 2.45) is 12.8 Å². The minimum atomic E-state index is -0.321. The third-order valence-electron chi connectivity index (χ3n) is 5.69. The van der Waals surface area contributed by atoms with Crippen molar-refractivity contribution in [1.82, 2.24) is 14.5 Å². The topological polar surface area (TPSA) is 113 Å². The van der Waals surface area contributed by atoms with E-state index in [4.69, 9.17) is 18.0 Å². The molecular weight excluding hydrogens is 414 g/mol. The van der Waals surface area contributed by atoms with Gasteiger partial charge in [0.2, 0.25) is 5.91 Å². The van der Waals surface area contributed by atoms with Crippen LogP contribution in [0.15, 0.2) is 47.3 Å². The summed E-state index contributed by atoms with van der Waals surface area (Å²) in [7, 11) is 1.60. The Labute approximate surface area is 183 Å². The maximum absolute atomic E-state index is 12.9. The molecule has 1 saturated heterocycles. The molecule has 4 N–H and O–H groups in total. The highest BCUT2D eigenvalue weighted by atomic mass is 32.1. The number of aromatic nitrogens is 2. The van der Waals surface area contributed by atoms with Crippen molar-refractivity contribution in [3.63, 3.8) is 0 Å². The first-order chi connectivity index (χ1) is 14.8. The average molecular weight is 438 g/mol. The average Bonchev–Trinajstić information content (AvgIpc) is 3.21. The normalized spacial score (nSPS) is 16.5. The Balaban J connectivity index is 1.59. The Hall–Kier alpha value is -3.30. The summed E-state index contributed by atoms with van der Waals surface area (Å²) >= 11 is 5.16. The molecule has 0 aliphatic carbocycles. The van der Waals surface area contributed by atoms with Crippen molar-refractivity contribution in [1.29, 1.82) is 0 Å². The molecule has 0 radical (unpaired) electrons. The van der Waals surface area contributed by atoms with Gasteiger partial charge in [-0.25, -0.2) is 0 Å². The molecule has 0 saturated carbocycles. The molecule has 0 spiro atoms. The Kier molecular flexibility index (Phi) is 5.71. The van der Waals surface area contributed by atoms with Gasteiger partial charge in [-0.15, -0.1) is 0 Å². The Bertz CT molecular complexity index is 1300. The third-order valence-corrected chi connectivity index (χ3v) is 6.07. The van der Waals surface area contributed by atoms with Crippen LogP contribution in [0.2, 0.25) is 0 Å². The van der Waals surface area contributed by atoms with Gasteiger partial charge in [-0.2, -0.15) is 0 Å². The molecule has 0 bridgehead atoms. The van der Waals surface area contributed by atoms with E-state index < -0.39 is 0 Å². The van der Waals surface area contributed by atoms with Crippen molar-refractivity contribution >= 4 is 40.6 Å². The fourth-order valence-electron chi connectivity index (χ4n) is 3.98. The molecule has 1 aromatic heterocycles. The Morgan fingerprint density at radius 3 is 2.81 bits per heavy atom. The van der Waals surface area contributed by atoms with Gasteiger partial charge in [-0.05, 0) is 61.4 Å². The maximum Gasteiger partial charge on any atom is 0.261 e. The van der Waals surface area contributed by atoms with Gasteiger partial charge in [-0.3, -0.25) is 23.9 Å². The number of carbonyl (C=O) groups excluding carboxylic acids is 2. The van der Waals surface area contributed by atoms with Crippen molar-refractivity contribution in [3.8, 4) is 0 Å². The number of H-pyrrole nitrogens is 1. The van der Waals surface area contributed by atoms with Crippen LogP contribution >= 0.6 is 12.2 Å². The summed E-state index contributed by atoms with van der Waals surface area (Å²) in [5.41, 5.74) is 7.79. The summed E-state index contributed by atoms with van der Waals surface area (Å²) in [6, 6.07) is 12.1. The third kappa shape index (κ3) is 4.14. The van der Waals surface area contributed by atoms with Gasteiger partial charge in [0.1, 0.15) is 0 Å². The van der Waals surface area contributed by atoms with Crippen LogP contribution in [0.3, 0.4) is 0 Å². The van der Waals surface area contributed by atoms with E-state index in [1.54, 1.807) is 25.2 Å². The summed E-state index contributed by atoms with van der Waals surface area (Å²) in [5.74, 6) is -0.624. The minimum absolute atomic E-state index is 0.217. The number of aromatic amines is 1. The zero-order chi connectivity index (χ0) is 22.1. The van der Waals surface area contributed by atoms with E-state index >= 15 is 0 Å². The fraction of sp³-hybridized carbons (Fsp3) is 0.273. The quantitative estimate of drug-likeness (QED) is 0.530. The highest BCUT2D eigenvalue weighted by molar-refractivity contribution is 7.71. The Morgan fingerprint density at radius 2 is 2.03 bits per heavy atom. The van der Waals surface area contributed by atoms with Crippen molar-refractivity contribution in [2.75, 3.05) is 11.9 Å². The van der Waals surface area contributed by atoms with Crippen LogP contribution in [0.1, 0.15) is 28.8 Å². The van der Waals surface area contributed by atoms with E-state index in [1.807, 2.05) is 29.2 Å². The number of amides is 2. The van der Waals surface area contributed by atoms with E-state index in [1.165, 1.54) is 4.57 Å². The zero-order valence-electron chi connectivity index (χ0n) is 17.1. The summed E-state index contributed by atoms with van der Waals surface area (Å²) in [6.45, 7) is 1.31. The lowest BCUT2D eigenvalue weighted by atomic mass is 10.1. The lowest BCUT2D eigenvalue weighted by molar-refractivity contribution is -0.122. The Morgan fingerprint density at radius 1 is 1.26 bits per heavy atom. The van der Waals surface area contributed by atoms with Gasteiger partial charge >= 0.3 is 0 Å². The smallest absolute Gasteiger partial charge is 0.261 e.